The summed E-state index contributed by atoms with van der Waals surface area (Å²) in [5.41, 5.74) is 7.50. The van der Waals surface area contributed by atoms with Gasteiger partial charge in [0, 0.05) is 67.8 Å². The van der Waals surface area contributed by atoms with Crippen molar-refractivity contribution in [2.24, 2.45) is 5.41 Å². The predicted octanol–water partition coefficient (Wildman–Crippen LogP) is 3.47. The Kier molecular flexibility index (Phi) is 7.04. The Bertz CT molecular complexity index is 2260. The molecule has 13 heteroatoms. The van der Waals surface area contributed by atoms with Crippen LogP contribution in [0.25, 0.3) is 28.1 Å². The minimum Gasteiger partial charge on any atom is -0.392 e. The fourth-order valence-electron chi connectivity index (χ4n) is 7.67. The third-order valence-corrected chi connectivity index (χ3v) is 10.3. The molecule has 2 saturated heterocycles. The number of aromatic nitrogens is 7. The first kappa shape index (κ1) is 30.0. The molecular formula is C36H38N10O3. The molecule has 0 saturated carbocycles. The number of ether oxygens (including phenoxy) is 1. The Morgan fingerprint density at radius 2 is 1.88 bits per heavy atom. The number of hydrogen-bond donors (Lipinski definition) is 2. The molecule has 0 unspecified atom stereocenters. The molecule has 3 aliphatic rings. The van der Waals surface area contributed by atoms with Gasteiger partial charge in [-0.25, -0.2) is 19.5 Å². The molecule has 6 aromatic heterocycles. The molecule has 2 fully saturated rings. The van der Waals surface area contributed by atoms with E-state index in [2.05, 4.69) is 50.1 Å². The van der Waals surface area contributed by atoms with E-state index in [1.54, 1.807) is 16.9 Å². The molecule has 0 aromatic carbocycles. The molecule has 250 valence electrons. The van der Waals surface area contributed by atoms with Crippen LogP contribution < -0.4 is 15.8 Å². The Hall–Kier alpha value is -5.11. The summed E-state index contributed by atoms with van der Waals surface area (Å²) in [6, 6.07) is 10.5. The normalized spacial score (nSPS) is 17.9. The Morgan fingerprint density at radius 1 is 1.02 bits per heavy atom. The second-order valence-electron chi connectivity index (χ2n) is 14.1. The number of piperazine rings is 1. The van der Waals surface area contributed by atoms with E-state index in [0.717, 1.165) is 69.0 Å². The number of hydrogen-bond acceptors (Lipinski definition) is 10. The molecule has 0 radical (unpaired) electrons. The van der Waals surface area contributed by atoms with Gasteiger partial charge in [-0.15, -0.1) is 0 Å². The molecule has 0 amide bonds. The van der Waals surface area contributed by atoms with Crippen molar-refractivity contribution in [3.63, 3.8) is 0 Å². The number of aliphatic hydroxyl groups is 1. The van der Waals surface area contributed by atoms with Crippen LogP contribution in [0.3, 0.4) is 0 Å². The lowest BCUT2D eigenvalue weighted by molar-refractivity contribution is -0.0660. The minimum absolute atomic E-state index is 0.174. The number of rotatable bonds is 7. The zero-order valence-corrected chi connectivity index (χ0v) is 27.6. The summed E-state index contributed by atoms with van der Waals surface area (Å²) in [7, 11) is 0. The Labute approximate surface area is 282 Å². The smallest absolute Gasteiger partial charge is 0.280 e. The van der Waals surface area contributed by atoms with Crippen LogP contribution in [0.2, 0.25) is 0 Å². The van der Waals surface area contributed by atoms with Gasteiger partial charge in [-0.1, -0.05) is 13.8 Å². The highest BCUT2D eigenvalue weighted by atomic mass is 16.5. The molecule has 2 N–H and O–H groups in total. The van der Waals surface area contributed by atoms with Crippen LogP contribution in [0, 0.1) is 5.41 Å². The molecule has 13 nitrogen and oxygen atoms in total. The Balaban J connectivity index is 1.02. The first-order valence-electron chi connectivity index (χ1n) is 16.8. The standard InChI is InChI=1S/C36H38N10O3/c1-36(2)15-23-14-30-35(48)45(12-11-44(30)31(23)16-36)33-28(19-47)27(5-6-37-33)24-13-29(34-39-22-40-46(34)18-24)41-32-4-3-25(17-38-32)42-7-9-43(10-8-42)26-20-49-21-26/h3-6,11-14,17-18,22,26,47H,7-10,15-16,19-21H2,1-2H3,(H,38,41). The largest absolute Gasteiger partial charge is 0.392 e. The monoisotopic (exact) mass is 658 g/mol. The highest BCUT2D eigenvalue weighted by Crippen LogP contribution is 2.38. The van der Waals surface area contributed by atoms with Gasteiger partial charge in [0.15, 0.2) is 5.65 Å². The lowest BCUT2D eigenvalue weighted by atomic mass is 9.90. The number of nitrogens with one attached hydrogen (secondary N) is 1. The summed E-state index contributed by atoms with van der Waals surface area (Å²) in [5.74, 6) is 1.07. The summed E-state index contributed by atoms with van der Waals surface area (Å²) in [6.45, 7) is 9.84. The molecule has 0 bridgehead atoms. The summed E-state index contributed by atoms with van der Waals surface area (Å²) < 4.78 is 10.6. The third kappa shape index (κ3) is 5.16. The highest BCUT2D eigenvalue weighted by Gasteiger charge is 2.32. The van der Waals surface area contributed by atoms with Crippen molar-refractivity contribution in [1.82, 2.24) is 38.4 Å². The summed E-state index contributed by atoms with van der Waals surface area (Å²) in [4.78, 5) is 32.6. The topological polar surface area (TPSA) is 130 Å². The molecule has 0 atom stereocenters. The van der Waals surface area contributed by atoms with E-state index in [4.69, 9.17) is 9.72 Å². The van der Waals surface area contributed by atoms with E-state index in [-0.39, 0.29) is 17.6 Å². The minimum atomic E-state index is -0.314. The van der Waals surface area contributed by atoms with Crippen molar-refractivity contribution in [2.45, 2.75) is 39.3 Å². The second-order valence-corrected chi connectivity index (χ2v) is 14.1. The number of nitrogens with zero attached hydrogens (tertiary/aromatic N) is 9. The lowest BCUT2D eigenvalue weighted by Gasteiger charge is -2.43. The zero-order valence-electron chi connectivity index (χ0n) is 27.6. The Morgan fingerprint density at radius 3 is 2.63 bits per heavy atom. The highest BCUT2D eigenvalue weighted by molar-refractivity contribution is 5.80. The first-order chi connectivity index (χ1) is 23.8. The summed E-state index contributed by atoms with van der Waals surface area (Å²) >= 11 is 0. The van der Waals surface area contributed by atoms with E-state index < -0.39 is 0 Å². The van der Waals surface area contributed by atoms with Crippen LogP contribution in [0.4, 0.5) is 17.2 Å². The second kappa shape index (κ2) is 11.5. The van der Waals surface area contributed by atoms with E-state index in [1.165, 1.54) is 22.2 Å². The van der Waals surface area contributed by atoms with Gasteiger partial charge in [-0.2, -0.15) is 5.10 Å². The van der Waals surface area contributed by atoms with Crippen LogP contribution in [0.1, 0.15) is 30.7 Å². The SMILES string of the molecule is CC1(C)Cc2cc3c(=O)n(-c4nccc(-c5cc(Nc6ccc(N7CCN(C8COC8)CC7)cn6)c6ncnn6c5)c4CO)ccn3c2C1. The average Bonchev–Trinajstić information content (AvgIpc) is 3.77. The van der Waals surface area contributed by atoms with Gasteiger partial charge in [0.25, 0.3) is 5.56 Å². The van der Waals surface area contributed by atoms with Gasteiger partial charge in [0.2, 0.25) is 0 Å². The van der Waals surface area contributed by atoms with Gasteiger partial charge in [0.05, 0.1) is 43.4 Å². The number of anilines is 3. The van der Waals surface area contributed by atoms with Crippen molar-refractivity contribution in [2.75, 3.05) is 49.6 Å². The van der Waals surface area contributed by atoms with E-state index in [9.17, 15) is 9.90 Å². The maximum absolute atomic E-state index is 13.9. The number of aliphatic hydroxyl groups excluding tert-OH is 1. The van der Waals surface area contributed by atoms with E-state index in [0.29, 0.717) is 40.1 Å². The lowest BCUT2D eigenvalue weighted by Crippen LogP contribution is -2.56. The molecule has 6 aromatic rings. The zero-order chi connectivity index (χ0) is 33.3. The quantitative estimate of drug-likeness (QED) is 0.263. The molecule has 8 heterocycles. The fourth-order valence-corrected chi connectivity index (χ4v) is 7.67. The van der Waals surface area contributed by atoms with Crippen molar-refractivity contribution in [3.8, 4) is 16.9 Å². The van der Waals surface area contributed by atoms with Crippen molar-refractivity contribution < 1.29 is 9.84 Å². The van der Waals surface area contributed by atoms with Crippen LogP contribution >= 0.6 is 0 Å². The predicted molar refractivity (Wildman–Crippen MR) is 186 cm³/mol. The van der Waals surface area contributed by atoms with Gasteiger partial charge in [0.1, 0.15) is 23.5 Å². The van der Waals surface area contributed by atoms with Crippen LogP contribution in [0.5, 0.6) is 0 Å². The van der Waals surface area contributed by atoms with E-state index in [1.807, 2.05) is 47.3 Å². The molecular weight excluding hydrogens is 620 g/mol. The molecule has 9 rings (SSSR count). The van der Waals surface area contributed by atoms with Gasteiger partial charge >= 0.3 is 0 Å². The van der Waals surface area contributed by atoms with Gasteiger partial charge in [-0.05, 0) is 59.7 Å². The van der Waals surface area contributed by atoms with Crippen LogP contribution in [-0.4, -0.2) is 89.0 Å². The number of fused-ring (bicyclic) bond motifs is 4. The number of pyridine rings is 3. The van der Waals surface area contributed by atoms with Crippen LogP contribution in [-0.2, 0) is 24.2 Å². The van der Waals surface area contributed by atoms with Crippen molar-refractivity contribution >= 4 is 28.4 Å². The van der Waals surface area contributed by atoms with Crippen molar-refractivity contribution in [3.05, 3.63) is 94.8 Å². The first-order valence-corrected chi connectivity index (χ1v) is 16.8. The molecule has 1 aliphatic carbocycles. The maximum atomic E-state index is 13.9. The molecule has 2 aliphatic heterocycles. The van der Waals surface area contributed by atoms with Crippen molar-refractivity contribution in [1.29, 1.82) is 0 Å². The van der Waals surface area contributed by atoms with Crippen LogP contribution in [0.15, 0.2) is 72.4 Å². The summed E-state index contributed by atoms with van der Waals surface area (Å²) in [6.07, 6.45) is 12.5. The third-order valence-electron chi connectivity index (χ3n) is 10.3. The average molecular weight is 659 g/mol. The molecule has 49 heavy (non-hydrogen) atoms. The molecule has 0 spiro atoms. The summed E-state index contributed by atoms with van der Waals surface area (Å²) in [5, 5.41) is 18.6. The van der Waals surface area contributed by atoms with Gasteiger partial charge < -0.3 is 24.5 Å². The van der Waals surface area contributed by atoms with Gasteiger partial charge in [-0.3, -0.25) is 14.3 Å². The maximum Gasteiger partial charge on any atom is 0.280 e. The van der Waals surface area contributed by atoms with E-state index >= 15 is 0 Å². The fraction of sp³-hybridized carbons (Fsp3) is 0.361.